The maximum absolute atomic E-state index is 13.1. The highest BCUT2D eigenvalue weighted by atomic mass is 19.1. The average molecular weight is 440 g/mol. The van der Waals surface area contributed by atoms with Crippen molar-refractivity contribution >= 4 is 5.69 Å². The van der Waals surface area contributed by atoms with Crippen LogP contribution in [0.25, 0.3) is 11.5 Å². The van der Waals surface area contributed by atoms with Crippen LogP contribution in [0.15, 0.2) is 52.9 Å². The van der Waals surface area contributed by atoms with Gasteiger partial charge in [-0.2, -0.15) is 0 Å². The number of hydrogen-bond acceptors (Lipinski definition) is 6. The lowest BCUT2D eigenvalue weighted by Crippen LogP contribution is -2.28. The zero-order chi connectivity index (χ0) is 22.5. The Morgan fingerprint density at radius 3 is 2.38 bits per heavy atom. The highest BCUT2D eigenvalue weighted by Crippen LogP contribution is 2.27. The summed E-state index contributed by atoms with van der Waals surface area (Å²) in [5.41, 5.74) is 2.44. The largest absolute Gasteiger partial charge is 0.441 e. The standard InChI is InChI=1S/C24H25FN2O5/c1-16-23(26-24(32-16)18-7-9-19(25)10-8-18)15-31-22-4-2-3-21(13-22)30-14-17-5-11-20(12-6-17)27(28)29/h5-12,21-22H,2-4,13-15H2,1H3/t21-,22+/m1/s1. The molecule has 168 valence electrons. The average Bonchev–Trinajstić information content (AvgIpc) is 3.18. The molecule has 0 amide bonds. The maximum atomic E-state index is 13.1. The van der Waals surface area contributed by atoms with Crippen LogP contribution < -0.4 is 0 Å². The normalized spacial score (nSPS) is 18.6. The Kier molecular flexibility index (Phi) is 6.92. The molecule has 32 heavy (non-hydrogen) atoms. The fourth-order valence-corrected chi connectivity index (χ4v) is 3.81. The molecule has 0 unspecified atom stereocenters. The van der Waals surface area contributed by atoms with Crippen molar-refractivity contribution in [3.05, 3.63) is 81.5 Å². The second-order valence-corrected chi connectivity index (χ2v) is 7.98. The van der Waals surface area contributed by atoms with Gasteiger partial charge in [-0.05, 0) is 74.6 Å². The first-order valence-electron chi connectivity index (χ1n) is 10.7. The Labute approximate surface area is 185 Å². The molecular formula is C24H25FN2O5. The highest BCUT2D eigenvalue weighted by Gasteiger charge is 2.24. The predicted molar refractivity (Wildman–Crippen MR) is 115 cm³/mol. The summed E-state index contributed by atoms with van der Waals surface area (Å²) in [5.74, 6) is 0.836. The van der Waals surface area contributed by atoms with E-state index in [2.05, 4.69) is 4.98 Å². The second-order valence-electron chi connectivity index (χ2n) is 7.98. The van der Waals surface area contributed by atoms with Gasteiger partial charge in [-0.15, -0.1) is 0 Å². The van der Waals surface area contributed by atoms with E-state index in [4.69, 9.17) is 13.9 Å². The first-order chi connectivity index (χ1) is 15.5. The Morgan fingerprint density at radius 2 is 1.72 bits per heavy atom. The molecule has 1 aliphatic rings. The molecule has 0 aliphatic heterocycles. The Balaban J connectivity index is 1.28. The van der Waals surface area contributed by atoms with Crippen LogP contribution >= 0.6 is 0 Å². The smallest absolute Gasteiger partial charge is 0.269 e. The highest BCUT2D eigenvalue weighted by molar-refractivity contribution is 5.53. The number of nitro benzene ring substituents is 1. The molecule has 0 radical (unpaired) electrons. The van der Waals surface area contributed by atoms with Crippen LogP contribution in [0, 0.1) is 22.9 Å². The molecule has 1 heterocycles. The van der Waals surface area contributed by atoms with Crippen LogP contribution in [0.4, 0.5) is 10.1 Å². The van der Waals surface area contributed by atoms with Gasteiger partial charge in [-0.1, -0.05) is 0 Å². The summed E-state index contributed by atoms with van der Waals surface area (Å²) in [7, 11) is 0. The van der Waals surface area contributed by atoms with Gasteiger partial charge in [0, 0.05) is 17.7 Å². The van der Waals surface area contributed by atoms with Gasteiger partial charge in [0.1, 0.15) is 17.3 Å². The Morgan fingerprint density at radius 1 is 1.06 bits per heavy atom. The van der Waals surface area contributed by atoms with Gasteiger partial charge in [0.15, 0.2) is 0 Å². The quantitative estimate of drug-likeness (QED) is 0.328. The number of aryl methyl sites for hydroxylation is 1. The van der Waals surface area contributed by atoms with Gasteiger partial charge in [0.25, 0.3) is 5.69 Å². The van der Waals surface area contributed by atoms with Gasteiger partial charge in [0.05, 0.1) is 30.3 Å². The lowest BCUT2D eigenvalue weighted by molar-refractivity contribution is -0.384. The van der Waals surface area contributed by atoms with Gasteiger partial charge >= 0.3 is 0 Å². The zero-order valence-corrected chi connectivity index (χ0v) is 17.8. The van der Waals surface area contributed by atoms with Crippen molar-refractivity contribution in [2.45, 2.75) is 58.0 Å². The van der Waals surface area contributed by atoms with E-state index in [9.17, 15) is 14.5 Å². The van der Waals surface area contributed by atoms with Crippen molar-refractivity contribution in [1.29, 1.82) is 0 Å². The van der Waals surface area contributed by atoms with E-state index in [1.165, 1.54) is 24.3 Å². The zero-order valence-electron chi connectivity index (χ0n) is 17.8. The van der Waals surface area contributed by atoms with Crippen LogP contribution in [-0.2, 0) is 22.7 Å². The number of ether oxygens (including phenoxy) is 2. The SMILES string of the molecule is Cc1oc(-c2ccc(F)cc2)nc1CO[C@H]1CCC[C@@H](OCc2ccc([N+](=O)[O-])cc2)C1. The minimum Gasteiger partial charge on any atom is -0.441 e. The topological polar surface area (TPSA) is 87.6 Å². The van der Waals surface area contributed by atoms with E-state index in [0.29, 0.717) is 24.9 Å². The fraction of sp³-hybridized carbons (Fsp3) is 0.375. The number of benzene rings is 2. The number of rotatable bonds is 8. The predicted octanol–water partition coefficient (Wildman–Crippen LogP) is 5.74. The van der Waals surface area contributed by atoms with Crippen molar-refractivity contribution in [2.24, 2.45) is 0 Å². The van der Waals surface area contributed by atoms with E-state index < -0.39 is 4.92 Å². The molecule has 1 aliphatic carbocycles. The van der Waals surface area contributed by atoms with Crippen molar-refractivity contribution in [3.8, 4) is 11.5 Å². The molecule has 3 aromatic rings. The van der Waals surface area contributed by atoms with Crippen LogP contribution in [0.2, 0.25) is 0 Å². The third-order valence-electron chi connectivity index (χ3n) is 5.65. The van der Waals surface area contributed by atoms with Gasteiger partial charge < -0.3 is 13.9 Å². The first-order valence-corrected chi connectivity index (χ1v) is 10.7. The molecule has 1 aromatic heterocycles. The molecule has 0 bridgehead atoms. The molecule has 8 heteroatoms. The van der Waals surface area contributed by atoms with Gasteiger partial charge in [0.2, 0.25) is 5.89 Å². The summed E-state index contributed by atoms with van der Waals surface area (Å²) < 4.78 is 31.0. The van der Waals surface area contributed by atoms with Crippen LogP contribution in [-0.4, -0.2) is 22.1 Å². The van der Waals surface area contributed by atoms with E-state index in [0.717, 1.165) is 42.5 Å². The van der Waals surface area contributed by atoms with E-state index in [1.54, 1.807) is 24.3 Å². The van der Waals surface area contributed by atoms with Crippen LogP contribution in [0.1, 0.15) is 42.7 Å². The van der Waals surface area contributed by atoms with Crippen molar-refractivity contribution in [1.82, 2.24) is 4.98 Å². The number of nitro groups is 1. The molecule has 0 spiro atoms. The molecule has 2 atom stereocenters. The molecule has 0 saturated heterocycles. The van der Waals surface area contributed by atoms with Crippen LogP contribution in [0.5, 0.6) is 0 Å². The minimum atomic E-state index is -0.410. The monoisotopic (exact) mass is 440 g/mol. The fourth-order valence-electron chi connectivity index (χ4n) is 3.81. The summed E-state index contributed by atoms with van der Waals surface area (Å²) in [6, 6.07) is 12.5. The third kappa shape index (κ3) is 5.57. The first kappa shape index (κ1) is 22.1. The Bertz CT molecular complexity index is 1050. The molecule has 7 nitrogen and oxygen atoms in total. The molecular weight excluding hydrogens is 415 g/mol. The molecule has 1 fully saturated rings. The number of non-ortho nitro benzene ring substituents is 1. The molecule has 1 saturated carbocycles. The third-order valence-corrected chi connectivity index (χ3v) is 5.65. The minimum absolute atomic E-state index is 0.0657. The molecule has 4 rings (SSSR count). The Hall–Kier alpha value is -3.10. The number of halogens is 1. The summed E-state index contributed by atoms with van der Waals surface area (Å²) in [6.07, 6.45) is 3.86. The van der Waals surface area contributed by atoms with Gasteiger partial charge in [-0.25, -0.2) is 9.37 Å². The number of hydrogen-bond donors (Lipinski definition) is 0. The van der Waals surface area contributed by atoms with Crippen LogP contribution in [0.3, 0.4) is 0 Å². The van der Waals surface area contributed by atoms with Crippen molar-refractivity contribution in [2.75, 3.05) is 0 Å². The second kappa shape index (κ2) is 10.0. The van der Waals surface area contributed by atoms with E-state index in [-0.39, 0.29) is 23.7 Å². The van der Waals surface area contributed by atoms with Crippen molar-refractivity contribution in [3.63, 3.8) is 0 Å². The lowest BCUT2D eigenvalue weighted by atomic mass is 9.95. The molecule has 0 N–H and O–H groups in total. The number of aromatic nitrogens is 1. The summed E-state index contributed by atoms with van der Waals surface area (Å²) in [5, 5.41) is 10.8. The molecule has 2 aromatic carbocycles. The maximum Gasteiger partial charge on any atom is 0.269 e. The van der Waals surface area contributed by atoms with Crippen molar-refractivity contribution < 1.29 is 23.2 Å². The summed E-state index contributed by atoms with van der Waals surface area (Å²) in [4.78, 5) is 14.9. The number of oxazole rings is 1. The summed E-state index contributed by atoms with van der Waals surface area (Å²) >= 11 is 0. The van der Waals surface area contributed by atoms with Gasteiger partial charge in [-0.3, -0.25) is 10.1 Å². The lowest BCUT2D eigenvalue weighted by Gasteiger charge is -2.29. The summed E-state index contributed by atoms with van der Waals surface area (Å²) in [6.45, 7) is 2.60. The van der Waals surface area contributed by atoms with E-state index in [1.807, 2.05) is 6.92 Å². The van der Waals surface area contributed by atoms with E-state index >= 15 is 0 Å². The number of nitrogens with zero attached hydrogens (tertiary/aromatic N) is 2.